The first-order chi connectivity index (χ1) is 11.2. The summed E-state index contributed by atoms with van der Waals surface area (Å²) in [4.78, 5) is 0.155. The van der Waals surface area contributed by atoms with Crippen molar-refractivity contribution in [2.75, 3.05) is 6.54 Å². The fourth-order valence-corrected chi connectivity index (χ4v) is 4.17. The van der Waals surface area contributed by atoms with Gasteiger partial charge in [0.25, 0.3) is 0 Å². The van der Waals surface area contributed by atoms with Crippen LogP contribution in [-0.2, 0) is 16.6 Å². The second-order valence-electron chi connectivity index (χ2n) is 6.83. The number of hydrogen-bond donors (Lipinski definition) is 2. The van der Waals surface area contributed by atoms with Crippen molar-refractivity contribution in [3.8, 4) is 0 Å². The summed E-state index contributed by atoms with van der Waals surface area (Å²) < 4.78 is 29.6. The van der Waals surface area contributed by atoms with Crippen LogP contribution < -0.4 is 10.5 Å². The van der Waals surface area contributed by atoms with Crippen molar-refractivity contribution in [3.05, 3.63) is 48.3 Å². The minimum absolute atomic E-state index is 0.155. The first kappa shape index (κ1) is 18.6. The first-order valence-electron chi connectivity index (χ1n) is 8.04. The lowest BCUT2D eigenvalue weighted by molar-refractivity contribution is 0.344. The summed E-state index contributed by atoms with van der Waals surface area (Å²) in [6.45, 7) is 6.68. The highest BCUT2D eigenvalue weighted by atomic mass is 32.2. The standard InChI is InChI=1S/C17H26N4O2S/c1-14(2)9-17(3,13-18)20-24(22,23)16-10-19-21(12-16)11-15-7-5-4-6-8-15/h4-8,10,12,14,20H,9,11,13,18H2,1-3H3. The molecule has 1 aromatic heterocycles. The Balaban J connectivity index is 2.15. The van der Waals surface area contributed by atoms with Crippen LogP contribution in [0.15, 0.2) is 47.6 Å². The number of nitrogens with one attached hydrogen (secondary N) is 1. The zero-order valence-corrected chi connectivity index (χ0v) is 15.3. The smallest absolute Gasteiger partial charge is 0.244 e. The largest absolute Gasteiger partial charge is 0.329 e. The molecule has 3 N–H and O–H groups in total. The molecule has 0 fully saturated rings. The summed E-state index contributed by atoms with van der Waals surface area (Å²) in [5, 5.41) is 4.16. The zero-order chi connectivity index (χ0) is 17.8. The van der Waals surface area contributed by atoms with Crippen LogP contribution >= 0.6 is 0 Å². The fourth-order valence-electron chi connectivity index (χ4n) is 2.79. The molecule has 1 heterocycles. The third-order valence-electron chi connectivity index (χ3n) is 3.80. The molecule has 2 aromatic rings. The Kier molecular flexibility index (Phi) is 5.79. The Morgan fingerprint density at radius 2 is 1.96 bits per heavy atom. The highest BCUT2D eigenvalue weighted by Gasteiger charge is 2.30. The van der Waals surface area contributed by atoms with Gasteiger partial charge in [0, 0.05) is 18.3 Å². The lowest BCUT2D eigenvalue weighted by Crippen LogP contribution is -2.51. The molecule has 0 aliphatic rings. The van der Waals surface area contributed by atoms with Crippen molar-refractivity contribution >= 4 is 10.0 Å². The van der Waals surface area contributed by atoms with Crippen molar-refractivity contribution in [1.29, 1.82) is 0 Å². The zero-order valence-electron chi connectivity index (χ0n) is 14.4. The maximum Gasteiger partial charge on any atom is 0.244 e. The van der Waals surface area contributed by atoms with Gasteiger partial charge in [0.05, 0.1) is 12.7 Å². The normalized spacial score (nSPS) is 14.7. The van der Waals surface area contributed by atoms with Crippen LogP contribution in [0, 0.1) is 5.92 Å². The van der Waals surface area contributed by atoms with Gasteiger partial charge in [-0.2, -0.15) is 5.10 Å². The number of nitrogens with zero attached hydrogens (tertiary/aromatic N) is 2. The number of benzene rings is 1. The fraction of sp³-hybridized carbons (Fsp3) is 0.471. The first-order valence-corrected chi connectivity index (χ1v) is 9.53. The van der Waals surface area contributed by atoms with Crippen LogP contribution in [0.4, 0.5) is 0 Å². The molecule has 0 bridgehead atoms. The van der Waals surface area contributed by atoms with Crippen LogP contribution in [0.3, 0.4) is 0 Å². The van der Waals surface area contributed by atoms with Gasteiger partial charge in [-0.1, -0.05) is 44.2 Å². The molecule has 6 nitrogen and oxygen atoms in total. The average molecular weight is 350 g/mol. The van der Waals surface area contributed by atoms with Gasteiger partial charge in [-0.3, -0.25) is 4.68 Å². The van der Waals surface area contributed by atoms with Gasteiger partial charge in [0.15, 0.2) is 0 Å². The third kappa shape index (κ3) is 4.90. The van der Waals surface area contributed by atoms with Gasteiger partial charge in [-0.05, 0) is 24.8 Å². The van der Waals surface area contributed by atoms with E-state index in [4.69, 9.17) is 5.73 Å². The van der Waals surface area contributed by atoms with Crippen molar-refractivity contribution in [2.24, 2.45) is 11.7 Å². The molecule has 1 atom stereocenters. The van der Waals surface area contributed by atoms with Gasteiger partial charge >= 0.3 is 0 Å². The van der Waals surface area contributed by atoms with Gasteiger partial charge in [0.1, 0.15) is 4.90 Å². The van der Waals surface area contributed by atoms with E-state index in [0.717, 1.165) is 5.56 Å². The minimum atomic E-state index is -3.66. The van der Waals surface area contributed by atoms with E-state index in [9.17, 15) is 8.42 Å². The van der Waals surface area contributed by atoms with E-state index in [1.807, 2.05) is 51.1 Å². The Bertz CT molecular complexity index is 756. The lowest BCUT2D eigenvalue weighted by atomic mass is 9.92. The Hall–Kier alpha value is -1.70. The molecule has 0 saturated carbocycles. The highest BCUT2D eigenvalue weighted by Crippen LogP contribution is 2.19. The van der Waals surface area contributed by atoms with Gasteiger partial charge in [-0.15, -0.1) is 0 Å². The summed E-state index contributed by atoms with van der Waals surface area (Å²) in [7, 11) is -3.66. The molecule has 0 amide bonds. The molecule has 1 aromatic carbocycles. The molecular weight excluding hydrogens is 324 g/mol. The average Bonchev–Trinajstić information content (AvgIpc) is 2.96. The van der Waals surface area contributed by atoms with E-state index >= 15 is 0 Å². The summed E-state index contributed by atoms with van der Waals surface area (Å²) in [6.07, 6.45) is 3.58. The molecule has 2 rings (SSSR count). The Morgan fingerprint density at radius 3 is 2.54 bits per heavy atom. The maximum atomic E-state index is 12.6. The molecule has 24 heavy (non-hydrogen) atoms. The van der Waals surface area contributed by atoms with Crippen LogP contribution in [-0.4, -0.2) is 30.3 Å². The number of aromatic nitrogens is 2. The SMILES string of the molecule is CC(C)CC(C)(CN)NS(=O)(=O)c1cnn(Cc2ccccc2)c1. The molecule has 0 aliphatic heterocycles. The number of hydrogen-bond acceptors (Lipinski definition) is 4. The highest BCUT2D eigenvalue weighted by molar-refractivity contribution is 7.89. The number of nitrogens with two attached hydrogens (primary N) is 1. The topological polar surface area (TPSA) is 90.0 Å². The van der Waals surface area contributed by atoms with Crippen LogP contribution in [0.25, 0.3) is 0 Å². The number of rotatable bonds is 8. The van der Waals surface area contributed by atoms with E-state index in [-0.39, 0.29) is 11.4 Å². The van der Waals surface area contributed by atoms with Crippen molar-refractivity contribution in [3.63, 3.8) is 0 Å². The van der Waals surface area contributed by atoms with E-state index in [2.05, 4.69) is 9.82 Å². The summed E-state index contributed by atoms with van der Waals surface area (Å²) in [5.41, 5.74) is 6.19. The van der Waals surface area contributed by atoms with Gasteiger partial charge in [-0.25, -0.2) is 13.1 Å². The van der Waals surface area contributed by atoms with E-state index in [1.165, 1.54) is 6.20 Å². The van der Waals surface area contributed by atoms with E-state index in [0.29, 0.717) is 18.9 Å². The lowest BCUT2D eigenvalue weighted by Gasteiger charge is -2.30. The summed E-state index contributed by atoms with van der Waals surface area (Å²) in [6, 6.07) is 9.77. The van der Waals surface area contributed by atoms with Crippen LogP contribution in [0.1, 0.15) is 32.8 Å². The minimum Gasteiger partial charge on any atom is -0.329 e. The molecular formula is C17H26N4O2S. The molecule has 1 unspecified atom stereocenters. The van der Waals surface area contributed by atoms with Crippen LogP contribution in [0.5, 0.6) is 0 Å². The van der Waals surface area contributed by atoms with E-state index in [1.54, 1.807) is 10.9 Å². The Morgan fingerprint density at radius 1 is 1.29 bits per heavy atom. The summed E-state index contributed by atoms with van der Waals surface area (Å²) >= 11 is 0. The third-order valence-corrected chi connectivity index (χ3v) is 5.39. The van der Waals surface area contributed by atoms with Crippen LogP contribution in [0.2, 0.25) is 0 Å². The quantitative estimate of drug-likeness (QED) is 0.762. The van der Waals surface area contributed by atoms with Gasteiger partial charge in [0.2, 0.25) is 10.0 Å². The predicted octanol–water partition coefficient (Wildman–Crippen LogP) is 1.97. The molecule has 0 spiro atoms. The molecule has 0 radical (unpaired) electrons. The summed E-state index contributed by atoms with van der Waals surface area (Å²) in [5.74, 6) is 0.335. The van der Waals surface area contributed by atoms with Crippen molar-refractivity contribution < 1.29 is 8.42 Å². The second-order valence-corrected chi connectivity index (χ2v) is 8.51. The molecule has 7 heteroatoms. The molecule has 0 saturated heterocycles. The monoisotopic (exact) mass is 350 g/mol. The van der Waals surface area contributed by atoms with Gasteiger partial charge < -0.3 is 5.73 Å². The van der Waals surface area contributed by atoms with E-state index < -0.39 is 15.6 Å². The molecule has 132 valence electrons. The molecule has 0 aliphatic carbocycles. The second kappa shape index (κ2) is 7.46. The maximum absolute atomic E-state index is 12.6. The Labute approximate surface area is 144 Å². The van der Waals surface area contributed by atoms with Crippen molar-refractivity contribution in [1.82, 2.24) is 14.5 Å². The van der Waals surface area contributed by atoms with Crippen molar-refractivity contribution in [2.45, 2.75) is 44.2 Å². The number of sulfonamides is 1. The predicted molar refractivity (Wildman–Crippen MR) is 95.0 cm³/mol.